The Labute approximate surface area is 128 Å². The fourth-order valence-electron chi connectivity index (χ4n) is 2.94. The molecule has 4 aromatic rings. The first-order valence-electron chi connectivity index (χ1n) is 7.10. The SMILES string of the molecule is COc1ccc(-c2cc3ncncc3c3ccn(C)c23)cc1. The van der Waals surface area contributed by atoms with Gasteiger partial charge in [-0.3, -0.25) is 0 Å². The lowest BCUT2D eigenvalue weighted by molar-refractivity contribution is 0.415. The lowest BCUT2D eigenvalue weighted by Gasteiger charge is -2.10. The first-order valence-corrected chi connectivity index (χ1v) is 7.10. The molecule has 0 bridgehead atoms. The molecule has 0 amide bonds. The predicted octanol–water partition coefficient (Wildman–Crippen LogP) is 3.80. The average Bonchev–Trinajstić information content (AvgIpc) is 2.97. The Kier molecular flexibility index (Phi) is 2.82. The summed E-state index contributed by atoms with van der Waals surface area (Å²) in [6.45, 7) is 0. The van der Waals surface area contributed by atoms with Crippen LogP contribution < -0.4 is 4.74 Å². The minimum Gasteiger partial charge on any atom is -0.497 e. The highest BCUT2D eigenvalue weighted by Gasteiger charge is 2.12. The molecule has 0 unspecified atom stereocenters. The number of aromatic nitrogens is 3. The van der Waals surface area contributed by atoms with E-state index in [1.807, 2.05) is 18.3 Å². The fourth-order valence-corrected chi connectivity index (χ4v) is 2.94. The number of fused-ring (bicyclic) bond motifs is 3. The number of benzene rings is 2. The van der Waals surface area contributed by atoms with Crippen molar-refractivity contribution in [1.82, 2.24) is 14.5 Å². The van der Waals surface area contributed by atoms with E-state index in [1.54, 1.807) is 13.4 Å². The molecule has 0 aliphatic rings. The molecule has 22 heavy (non-hydrogen) atoms. The van der Waals surface area contributed by atoms with Gasteiger partial charge < -0.3 is 9.30 Å². The monoisotopic (exact) mass is 289 g/mol. The minimum absolute atomic E-state index is 0.856. The van der Waals surface area contributed by atoms with Gasteiger partial charge in [-0.1, -0.05) is 12.1 Å². The van der Waals surface area contributed by atoms with Gasteiger partial charge in [-0.15, -0.1) is 0 Å². The Morgan fingerprint density at radius 3 is 2.64 bits per heavy atom. The van der Waals surface area contributed by atoms with Gasteiger partial charge in [0.15, 0.2) is 0 Å². The van der Waals surface area contributed by atoms with Gasteiger partial charge in [-0.25, -0.2) is 9.97 Å². The third-order valence-corrected chi connectivity index (χ3v) is 4.04. The van der Waals surface area contributed by atoms with Crippen LogP contribution >= 0.6 is 0 Å². The second kappa shape index (κ2) is 4.84. The molecule has 0 saturated heterocycles. The lowest BCUT2D eigenvalue weighted by atomic mass is 10.00. The van der Waals surface area contributed by atoms with Gasteiger partial charge in [0.05, 0.1) is 18.1 Å². The summed E-state index contributed by atoms with van der Waals surface area (Å²) in [6, 6.07) is 12.4. The van der Waals surface area contributed by atoms with Crippen molar-refractivity contribution in [2.24, 2.45) is 7.05 Å². The molecule has 0 aliphatic heterocycles. The average molecular weight is 289 g/mol. The van der Waals surface area contributed by atoms with Crippen LogP contribution in [0.5, 0.6) is 5.75 Å². The van der Waals surface area contributed by atoms with E-state index in [1.165, 1.54) is 10.9 Å². The summed E-state index contributed by atoms with van der Waals surface area (Å²) < 4.78 is 7.39. The molecule has 2 aromatic carbocycles. The zero-order valence-corrected chi connectivity index (χ0v) is 12.4. The Balaban J connectivity index is 2.07. The maximum Gasteiger partial charge on any atom is 0.118 e. The second-order valence-electron chi connectivity index (χ2n) is 5.30. The maximum atomic E-state index is 5.25. The van der Waals surface area contributed by atoms with Gasteiger partial charge in [0, 0.05) is 35.8 Å². The van der Waals surface area contributed by atoms with E-state index in [0.29, 0.717) is 0 Å². The van der Waals surface area contributed by atoms with Crippen LogP contribution in [0.25, 0.3) is 32.9 Å². The molecule has 0 saturated carbocycles. The predicted molar refractivity (Wildman–Crippen MR) is 88.0 cm³/mol. The maximum absolute atomic E-state index is 5.25. The van der Waals surface area contributed by atoms with E-state index < -0.39 is 0 Å². The molecule has 0 fully saturated rings. The summed E-state index contributed by atoms with van der Waals surface area (Å²) in [4.78, 5) is 8.58. The lowest BCUT2D eigenvalue weighted by Crippen LogP contribution is -1.91. The van der Waals surface area contributed by atoms with Crippen molar-refractivity contribution in [2.75, 3.05) is 7.11 Å². The first kappa shape index (κ1) is 12.8. The zero-order valence-electron chi connectivity index (χ0n) is 12.4. The molecular formula is C18H15N3O. The van der Waals surface area contributed by atoms with Crippen molar-refractivity contribution in [3.63, 3.8) is 0 Å². The van der Waals surface area contributed by atoms with Crippen molar-refractivity contribution in [3.05, 3.63) is 55.1 Å². The molecule has 2 aromatic heterocycles. The molecule has 2 heterocycles. The first-order chi connectivity index (χ1) is 10.8. The van der Waals surface area contributed by atoms with E-state index >= 15 is 0 Å². The van der Waals surface area contributed by atoms with Crippen LogP contribution in [-0.4, -0.2) is 21.6 Å². The van der Waals surface area contributed by atoms with Crippen LogP contribution in [0.4, 0.5) is 0 Å². The molecule has 0 spiro atoms. The van der Waals surface area contributed by atoms with Crippen LogP contribution in [0, 0.1) is 0 Å². The van der Waals surface area contributed by atoms with Crippen molar-refractivity contribution in [2.45, 2.75) is 0 Å². The van der Waals surface area contributed by atoms with Crippen molar-refractivity contribution < 1.29 is 4.74 Å². The second-order valence-corrected chi connectivity index (χ2v) is 5.30. The highest BCUT2D eigenvalue weighted by Crippen LogP contribution is 2.34. The number of ether oxygens (including phenoxy) is 1. The van der Waals surface area contributed by atoms with Gasteiger partial charge in [0.25, 0.3) is 0 Å². The van der Waals surface area contributed by atoms with Crippen molar-refractivity contribution in [3.8, 4) is 16.9 Å². The quantitative estimate of drug-likeness (QED) is 0.563. The summed E-state index contributed by atoms with van der Waals surface area (Å²) >= 11 is 0. The van der Waals surface area contributed by atoms with E-state index in [0.717, 1.165) is 27.8 Å². The van der Waals surface area contributed by atoms with Gasteiger partial charge in [0.1, 0.15) is 12.1 Å². The Morgan fingerprint density at radius 1 is 1.05 bits per heavy atom. The molecule has 0 radical (unpaired) electrons. The highest BCUT2D eigenvalue weighted by atomic mass is 16.5. The van der Waals surface area contributed by atoms with E-state index in [4.69, 9.17) is 4.74 Å². The van der Waals surface area contributed by atoms with Crippen LogP contribution in [-0.2, 0) is 7.05 Å². The Hall–Kier alpha value is -2.88. The van der Waals surface area contributed by atoms with Gasteiger partial charge >= 0.3 is 0 Å². The van der Waals surface area contributed by atoms with Gasteiger partial charge in [0.2, 0.25) is 0 Å². The molecule has 4 nitrogen and oxygen atoms in total. The van der Waals surface area contributed by atoms with Crippen LogP contribution in [0.1, 0.15) is 0 Å². The molecule has 108 valence electrons. The number of rotatable bonds is 2. The fraction of sp³-hybridized carbons (Fsp3) is 0.111. The van der Waals surface area contributed by atoms with Gasteiger partial charge in [-0.2, -0.15) is 0 Å². The minimum atomic E-state index is 0.856. The normalized spacial score (nSPS) is 11.2. The van der Waals surface area contributed by atoms with E-state index in [9.17, 15) is 0 Å². The summed E-state index contributed by atoms with van der Waals surface area (Å²) in [6.07, 6.45) is 5.54. The third kappa shape index (κ3) is 1.84. The highest BCUT2D eigenvalue weighted by molar-refractivity contribution is 6.11. The summed E-state index contributed by atoms with van der Waals surface area (Å²) in [5.41, 5.74) is 4.46. The molecule has 0 N–H and O–H groups in total. The largest absolute Gasteiger partial charge is 0.497 e. The molecule has 0 atom stereocenters. The topological polar surface area (TPSA) is 39.9 Å². The van der Waals surface area contributed by atoms with E-state index in [-0.39, 0.29) is 0 Å². The summed E-state index contributed by atoms with van der Waals surface area (Å²) in [5.74, 6) is 0.856. The molecule has 0 aliphatic carbocycles. The van der Waals surface area contributed by atoms with Crippen molar-refractivity contribution >= 4 is 21.8 Å². The standard InChI is InChI=1S/C18H15N3O/c1-21-8-7-14-16-10-19-11-20-17(16)9-15(18(14)21)12-3-5-13(22-2)6-4-12/h3-11H,1-2H3. The summed E-state index contributed by atoms with van der Waals surface area (Å²) in [5, 5.41) is 2.25. The van der Waals surface area contributed by atoms with Gasteiger partial charge in [-0.05, 0) is 29.8 Å². The molecule has 4 heteroatoms. The number of hydrogen-bond acceptors (Lipinski definition) is 3. The molecular weight excluding hydrogens is 274 g/mol. The smallest absolute Gasteiger partial charge is 0.118 e. The number of aryl methyl sites for hydroxylation is 1. The zero-order chi connectivity index (χ0) is 15.1. The summed E-state index contributed by atoms with van der Waals surface area (Å²) in [7, 11) is 3.74. The van der Waals surface area contributed by atoms with Crippen LogP contribution in [0.15, 0.2) is 55.1 Å². The number of methoxy groups -OCH3 is 1. The van der Waals surface area contributed by atoms with Crippen LogP contribution in [0.2, 0.25) is 0 Å². The number of nitrogens with zero attached hydrogens (tertiary/aromatic N) is 3. The number of hydrogen-bond donors (Lipinski definition) is 0. The Bertz CT molecular complexity index is 971. The molecule has 4 rings (SSSR count). The van der Waals surface area contributed by atoms with Crippen LogP contribution in [0.3, 0.4) is 0 Å². The Morgan fingerprint density at radius 2 is 1.86 bits per heavy atom. The van der Waals surface area contributed by atoms with E-state index in [2.05, 4.69) is 52.0 Å². The third-order valence-electron chi connectivity index (χ3n) is 4.04. The van der Waals surface area contributed by atoms with Crippen molar-refractivity contribution in [1.29, 1.82) is 0 Å².